The van der Waals surface area contributed by atoms with Crippen LogP contribution in [-0.2, 0) is 0 Å². The van der Waals surface area contributed by atoms with Gasteiger partial charge in [-0.25, -0.2) is 9.97 Å². The SMILES string of the molecule is Cc1ncsc1C(=O)N1CCC(Oc2ccc(Br)cn2)C1. The molecule has 0 spiro atoms. The highest BCUT2D eigenvalue weighted by Gasteiger charge is 2.29. The van der Waals surface area contributed by atoms with Gasteiger partial charge in [-0.3, -0.25) is 4.79 Å². The van der Waals surface area contributed by atoms with Crippen LogP contribution in [-0.4, -0.2) is 40.0 Å². The highest BCUT2D eigenvalue weighted by atomic mass is 79.9. The number of pyridine rings is 1. The Morgan fingerprint density at radius 1 is 1.48 bits per heavy atom. The summed E-state index contributed by atoms with van der Waals surface area (Å²) in [7, 11) is 0. The standard InChI is InChI=1S/C14H14BrN3O2S/c1-9-13(21-8-17-9)14(19)18-5-4-11(7-18)20-12-3-2-10(15)6-16-12/h2-3,6,8,11H,4-5,7H2,1H3. The van der Waals surface area contributed by atoms with Crippen LogP contribution in [0.25, 0.3) is 0 Å². The van der Waals surface area contributed by atoms with Gasteiger partial charge in [0.1, 0.15) is 11.0 Å². The summed E-state index contributed by atoms with van der Waals surface area (Å²) in [4.78, 5) is 23.3. The van der Waals surface area contributed by atoms with Gasteiger partial charge < -0.3 is 9.64 Å². The van der Waals surface area contributed by atoms with E-state index in [2.05, 4.69) is 25.9 Å². The predicted molar refractivity (Wildman–Crippen MR) is 83.7 cm³/mol. The highest BCUT2D eigenvalue weighted by molar-refractivity contribution is 9.10. The first-order valence-corrected chi connectivity index (χ1v) is 8.28. The van der Waals surface area contributed by atoms with E-state index in [-0.39, 0.29) is 12.0 Å². The molecule has 0 bridgehead atoms. The van der Waals surface area contributed by atoms with Gasteiger partial charge in [0.15, 0.2) is 0 Å². The summed E-state index contributed by atoms with van der Waals surface area (Å²) >= 11 is 4.73. The number of amides is 1. The van der Waals surface area contributed by atoms with Gasteiger partial charge in [0.25, 0.3) is 5.91 Å². The number of halogens is 1. The van der Waals surface area contributed by atoms with Gasteiger partial charge in [-0.05, 0) is 28.9 Å². The lowest BCUT2D eigenvalue weighted by atomic mass is 10.3. The first kappa shape index (κ1) is 14.5. The summed E-state index contributed by atoms with van der Waals surface area (Å²) in [5.41, 5.74) is 2.50. The van der Waals surface area contributed by atoms with Crippen LogP contribution < -0.4 is 4.74 Å². The van der Waals surface area contributed by atoms with Crippen molar-refractivity contribution in [3.05, 3.63) is 38.9 Å². The summed E-state index contributed by atoms with van der Waals surface area (Å²) in [5.74, 6) is 0.635. The van der Waals surface area contributed by atoms with Crippen molar-refractivity contribution in [1.82, 2.24) is 14.9 Å². The Labute approximate surface area is 135 Å². The molecule has 1 unspecified atom stereocenters. The molecule has 0 aliphatic carbocycles. The first-order chi connectivity index (χ1) is 10.1. The lowest BCUT2D eigenvalue weighted by Crippen LogP contribution is -2.30. The fourth-order valence-corrected chi connectivity index (χ4v) is 3.27. The van der Waals surface area contributed by atoms with Crippen molar-refractivity contribution in [2.75, 3.05) is 13.1 Å². The van der Waals surface area contributed by atoms with E-state index < -0.39 is 0 Å². The number of likely N-dealkylation sites (tertiary alicyclic amines) is 1. The number of thiazole rings is 1. The Balaban J connectivity index is 1.62. The molecule has 110 valence electrons. The summed E-state index contributed by atoms with van der Waals surface area (Å²) in [6.07, 6.45) is 2.52. The summed E-state index contributed by atoms with van der Waals surface area (Å²) in [6, 6.07) is 3.71. The average molecular weight is 368 g/mol. The van der Waals surface area contributed by atoms with E-state index in [1.54, 1.807) is 11.7 Å². The number of ether oxygens (including phenoxy) is 1. The second-order valence-electron chi connectivity index (χ2n) is 4.86. The van der Waals surface area contributed by atoms with E-state index in [9.17, 15) is 4.79 Å². The van der Waals surface area contributed by atoms with Crippen LogP contribution in [0, 0.1) is 6.92 Å². The maximum Gasteiger partial charge on any atom is 0.265 e. The van der Waals surface area contributed by atoms with Gasteiger partial charge in [0, 0.05) is 29.7 Å². The van der Waals surface area contributed by atoms with E-state index in [1.807, 2.05) is 24.0 Å². The molecule has 1 saturated heterocycles. The van der Waals surface area contributed by atoms with E-state index in [0.717, 1.165) is 21.5 Å². The van der Waals surface area contributed by atoms with Crippen LogP contribution in [0.4, 0.5) is 0 Å². The topological polar surface area (TPSA) is 55.3 Å². The Morgan fingerprint density at radius 3 is 3.00 bits per heavy atom. The normalized spacial score (nSPS) is 18.0. The van der Waals surface area contributed by atoms with Crippen molar-refractivity contribution in [2.24, 2.45) is 0 Å². The molecular formula is C14H14BrN3O2S. The minimum Gasteiger partial charge on any atom is -0.472 e. The molecule has 0 N–H and O–H groups in total. The van der Waals surface area contributed by atoms with Crippen molar-refractivity contribution < 1.29 is 9.53 Å². The lowest BCUT2D eigenvalue weighted by Gasteiger charge is -2.16. The number of hydrogen-bond donors (Lipinski definition) is 0. The van der Waals surface area contributed by atoms with Gasteiger partial charge >= 0.3 is 0 Å². The van der Waals surface area contributed by atoms with Crippen LogP contribution in [0.5, 0.6) is 5.88 Å². The number of rotatable bonds is 3. The number of aryl methyl sites for hydroxylation is 1. The number of nitrogens with zero attached hydrogens (tertiary/aromatic N) is 3. The third kappa shape index (κ3) is 3.24. The third-order valence-electron chi connectivity index (χ3n) is 3.36. The summed E-state index contributed by atoms with van der Waals surface area (Å²) in [6.45, 7) is 3.16. The zero-order chi connectivity index (χ0) is 14.8. The van der Waals surface area contributed by atoms with E-state index >= 15 is 0 Å². The lowest BCUT2D eigenvalue weighted by molar-refractivity contribution is 0.0775. The minimum absolute atomic E-state index is 0.00384. The van der Waals surface area contributed by atoms with E-state index in [1.165, 1.54) is 11.3 Å². The van der Waals surface area contributed by atoms with Gasteiger partial charge in [-0.2, -0.15) is 0 Å². The van der Waals surface area contributed by atoms with Crippen LogP contribution in [0.3, 0.4) is 0 Å². The molecule has 3 rings (SSSR count). The molecule has 7 heteroatoms. The molecule has 1 aliphatic rings. The van der Waals surface area contributed by atoms with Crippen molar-refractivity contribution in [1.29, 1.82) is 0 Å². The average Bonchev–Trinajstić information content (AvgIpc) is 3.10. The zero-order valence-corrected chi connectivity index (χ0v) is 13.9. The summed E-state index contributed by atoms with van der Waals surface area (Å²) in [5, 5.41) is 0. The maximum atomic E-state index is 12.4. The monoisotopic (exact) mass is 367 g/mol. The largest absolute Gasteiger partial charge is 0.472 e. The molecule has 1 amide bonds. The second kappa shape index (κ2) is 6.11. The van der Waals surface area contributed by atoms with Crippen molar-refractivity contribution >= 4 is 33.2 Å². The first-order valence-electron chi connectivity index (χ1n) is 6.61. The number of carbonyl (C=O) groups excluding carboxylic acids is 1. The Morgan fingerprint density at radius 2 is 2.33 bits per heavy atom. The van der Waals surface area contributed by atoms with Crippen LogP contribution in [0.1, 0.15) is 21.8 Å². The zero-order valence-electron chi connectivity index (χ0n) is 11.5. The van der Waals surface area contributed by atoms with Crippen LogP contribution in [0.2, 0.25) is 0 Å². The van der Waals surface area contributed by atoms with Crippen LogP contribution >= 0.6 is 27.3 Å². The van der Waals surface area contributed by atoms with Crippen molar-refractivity contribution in [3.8, 4) is 5.88 Å². The molecule has 0 aromatic carbocycles. The fourth-order valence-electron chi connectivity index (χ4n) is 2.26. The minimum atomic E-state index is -0.00384. The molecule has 1 atom stereocenters. The van der Waals surface area contributed by atoms with Crippen molar-refractivity contribution in [2.45, 2.75) is 19.4 Å². The molecule has 1 aliphatic heterocycles. The number of carbonyl (C=O) groups is 1. The number of aromatic nitrogens is 2. The molecule has 0 saturated carbocycles. The molecule has 0 radical (unpaired) electrons. The molecule has 2 aromatic rings. The summed E-state index contributed by atoms with van der Waals surface area (Å²) < 4.78 is 6.74. The van der Waals surface area contributed by atoms with Gasteiger partial charge in [0.2, 0.25) is 5.88 Å². The maximum absolute atomic E-state index is 12.4. The molecule has 5 nitrogen and oxygen atoms in total. The Kier molecular flexibility index (Phi) is 4.21. The van der Waals surface area contributed by atoms with Gasteiger partial charge in [-0.15, -0.1) is 11.3 Å². The predicted octanol–water partition coefficient (Wildman–Crippen LogP) is 2.90. The second-order valence-corrected chi connectivity index (χ2v) is 6.63. The Hall–Kier alpha value is -1.47. The molecule has 1 fully saturated rings. The highest BCUT2D eigenvalue weighted by Crippen LogP contribution is 2.22. The third-order valence-corrected chi connectivity index (χ3v) is 4.75. The molecule has 2 aromatic heterocycles. The molecule has 21 heavy (non-hydrogen) atoms. The van der Waals surface area contributed by atoms with Gasteiger partial charge in [-0.1, -0.05) is 0 Å². The Bertz CT molecular complexity index is 644. The van der Waals surface area contributed by atoms with Gasteiger partial charge in [0.05, 0.1) is 17.7 Å². The van der Waals surface area contributed by atoms with E-state index in [0.29, 0.717) is 19.0 Å². The van der Waals surface area contributed by atoms with Crippen molar-refractivity contribution in [3.63, 3.8) is 0 Å². The number of hydrogen-bond acceptors (Lipinski definition) is 5. The van der Waals surface area contributed by atoms with Crippen LogP contribution in [0.15, 0.2) is 28.3 Å². The fraction of sp³-hybridized carbons (Fsp3) is 0.357. The quantitative estimate of drug-likeness (QED) is 0.836. The molecular weight excluding hydrogens is 354 g/mol. The molecule has 3 heterocycles. The smallest absolute Gasteiger partial charge is 0.265 e. The van der Waals surface area contributed by atoms with E-state index in [4.69, 9.17) is 4.74 Å².